The monoisotopic (exact) mass is 110 g/mol. The van der Waals surface area contributed by atoms with Crippen molar-refractivity contribution in [1.29, 1.82) is 0 Å². The van der Waals surface area contributed by atoms with Crippen molar-refractivity contribution in [3.8, 4) is 0 Å². The Morgan fingerprint density at radius 1 is 0.714 bits per heavy atom. The second kappa shape index (κ2) is 5.80. The zero-order valence-corrected chi connectivity index (χ0v) is 4.04. The molecule has 0 atom stereocenters. The highest BCUT2D eigenvalue weighted by Gasteiger charge is 1.79. The van der Waals surface area contributed by atoms with Crippen molar-refractivity contribution in [1.82, 2.24) is 0 Å². The van der Waals surface area contributed by atoms with Gasteiger partial charge >= 0.3 is 0 Å². The molecule has 0 aliphatic rings. The topological polar surface area (TPSA) is 46.2 Å². The molecule has 0 aromatic heterocycles. The average Bonchev–Trinajstić information content (AvgIpc) is 1.69. The van der Waals surface area contributed by atoms with Crippen molar-refractivity contribution in [3.05, 3.63) is 0 Å². The van der Waals surface area contributed by atoms with Crippen molar-refractivity contribution in [3.63, 3.8) is 0 Å². The van der Waals surface area contributed by atoms with Crippen LogP contribution >= 0.6 is 0 Å². The molecule has 0 bridgehead atoms. The summed E-state index contributed by atoms with van der Waals surface area (Å²) in [4.78, 5) is 7.83. The Labute approximate surface area is 40.4 Å². The van der Waals surface area contributed by atoms with Crippen LogP contribution in [-0.2, 0) is 24.9 Å². The summed E-state index contributed by atoms with van der Waals surface area (Å²) in [6, 6.07) is 0. The molecule has 0 spiro atoms. The van der Waals surface area contributed by atoms with Gasteiger partial charge in [-0.2, -0.15) is 0 Å². The Morgan fingerprint density at radius 2 is 1.14 bits per heavy atom. The van der Waals surface area contributed by atoms with Gasteiger partial charge in [0.1, 0.15) is 0 Å². The maximum atomic E-state index is 3.92. The largest absolute Gasteiger partial charge is 0.207 e. The molecule has 0 saturated heterocycles. The Morgan fingerprint density at radius 3 is 1.43 bits per heavy atom. The molecule has 0 fully saturated rings. The summed E-state index contributed by atoms with van der Waals surface area (Å²) in [5.74, 6) is 0. The predicted molar refractivity (Wildman–Crippen MR) is 17.3 cm³/mol. The zero-order valence-electron chi connectivity index (χ0n) is 4.04. The van der Waals surface area contributed by atoms with Crippen molar-refractivity contribution >= 4 is 0 Å². The van der Waals surface area contributed by atoms with Crippen LogP contribution in [0.1, 0.15) is 0 Å². The smallest absolute Gasteiger partial charge is 0.0745 e. The molecule has 0 rings (SSSR count). The summed E-state index contributed by atoms with van der Waals surface area (Å²) in [6.45, 7) is 0. The van der Waals surface area contributed by atoms with Crippen molar-refractivity contribution < 1.29 is 24.9 Å². The third kappa shape index (κ3) is 5.80. The molecule has 0 saturated carbocycles. The second-order valence-corrected chi connectivity index (χ2v) is 0.537. The van der Waals surface area contributed by atoms with E-state index in [4.69, 9.17) is 0 Å². The van der Waals surface area contributed by atoms with E-state index in [0.29, 0.717) is 0 Å². The normalized spacial score (nSPS) is 9.43. The first-order valence-electron chi connectivity index (χ1n) is 1.48. The van der Waals surface area contributed by atoms with Gasteiger partial charge in [0.25, 0.3) is 0 Å². The maximum absolute atomic E-state index is 3.92. The Balaban J connectivity index is 2.45. The summed E-state index contributed by atoms with van der Waals surface area (Å²) >= 11 is 0. The van der Waals surface area contributed by atoms with Gasteiger partial charge in [0.05, 0.1) is 14.2 Å². The molecule has 5 heteroatoms. The molecular formula is C2H6O5. The van der Waals surface area contributed by atoms with Crippen LogP contribution in [0.2, 0.25) is 0 Å². The first-order chi connectivity index (χ1) is 3.41. The molecule has 44 valence electrons. The molecule has 0 aromatic carbocycles. The second-order valence-electron chi connectivity index (χ2n) is 0.537. The SMILES string of the molecule is COOOOOC. The van der Waals surface area contributed by atoms with Crippen LogP contribution in [0.3, 0.4) is 0 Å². The molecular weight excluding hydrogens is 104 g/mol. The van der Waals surface area contributed by atoms with Gasteiger partial charge in [-0.1, -0.05) is 0 Å². The Bertz CT molecular complexity index is 25.3. The van der Waals surface area contributed by atoms with Gasteiger partial charge < -0.3 is 0 Å². The van der Waals surface area contributed by atoms with Crippen LogP contribution < -0.4 is 0 Å². The molecule has 0 N–H and O–H groups in total. The van der Waals surface area contributed by atoms with Gasteiger partial charge in [-0.3, -0.25) is 0 Å². The summed E-state index contributed by atoms with van der Waals surface area (Å²) in [5.41, 5.74) is 0. The quantitative estimate of drug-likeness (QED) is 0.289. The summed E-state index contributed by atoms with van der Waals surface area (Å²) in [7, 11) is 2.53. The van der Waals surface area contributed by atoms with Crippen LogP contribution in [0.4, 0.5) is 0 Å². The fourth-order valence-electron chi connectivity index (χ4n) is 0.0669. The molecule has 0 amide bonds. The average molecular weight is 110 g/mol. The molecule has 7 heavy (non-hydrogen) atoms. The highest BCUT2D eigenvalue weighted by molar-refractivity contribution is 3.38. The van der Waals surface area contributed by atoms with E-state index in [1.165, 1.54) is 14.2 Å². The molecule has 0 aliphatic carbocycles. The summed E-state index contributed by atoms with van der Waals surface area (Å²) in [6.07, 6.45) is 0. The highest BCUT2D eigenvalue weighted by atomic mass is 17.8. The van der Waals surface area contributed by atoms with Crippen LogP contribution in [0.25, 0.3) is 0 Å². The molecule has 0 aliphatic heterocycles. The molecule has 0 heterocycles. The third-order valence-corrected chi connectivity index (χ3v) is 0.192. The van der Waals surface area contributed by atoms with Crippen LogP contribution in [0.5, 0.6) is 0 Å². The Kier molecular flexibility index (Phi) is 5.63. The minimum atomic E-state index is 1.26. The first kappa shape index (κ1) is 6.80. The fraction of sp³-hybridized carbons (Fsp3) is 1.00. The number of hydrogen-bond donors (Lipinski definition) is 0. The lowest BCUT2D eigenvalue weighted by molar-refractivity contribution is -0.701. The molecule has 5 nitrogen and oxygen atoms in total. The standard InChI is InChI=1S/C2H6O5/c1-3-5-7-6-4-2/h1-2H3. The highest BCUT2D eigenvalue weighted by Crippen LogP contribution is 1.77. The minimum Gasteiger partial charge on any atom is -0.207 e. The van der Waals surface area contributed by atoms with E-state index < -0.39 is 0 Å². The van der Waals surface area contributed by atoms with Gasteiger partial charge in [0.2, 0.25) is 0 Å². The number of rotatable bonds is 4. The lowest BCUT2D eigenvalue weighted by atomic mass is 11.8. The van der Waals surface area contributed by atoms with E-state index in [1.54, 1.807) is 0 Å². The molecule has 0 aromatic rings. The van der Waals surface area contributed by atoms with Gasteiger partial charge in [-0.25, -0.2) is 9.78 Å². The molecule has 0 unspecified atom stereocenters. The van der Waals surface area contributed by atoms with Crippen molar-refractivity contribution in [2.45, 2.75) is 0 Å². The van der Waals surface area contributed by atoms with E-state index in [9.17, 15) is 0 Å². The third-order valence-electron chi connectivity index (χ3n) is 0.192. The lowest BCUT2D eigenvalue weighted by Gasteiger charge is -1.91. The van der Waals surface area contributed by atoms with E-state index in [1.807, 2.05) is 0 Å². The van der Waals surface area contributed by atoms with E-state index in [0.717, 1.165) is 0 Å². The van der Waals surface area contributed by atoms with Gasteiger partial charge in [-0.05, 0) is 15.1 Å². The zero-order chi connectivity index (χ0) is 5.54. The summed E-state index contributed by atoms with van der Waals surface area (Å²) in [5, 5.41) is 11.1. The van der Waals surface area contributed by atoms with E-state index in [2.05, 4.69) is 24.9 Å². The minimum absolute atomic E-state index is 1.26. The van der Waals surface area contributed by atoms with Gasteiger partial charge in [0.15, 0.2) is 0 Å². The van der Waals surface area contributed by atoms with Crippen molar-refractivity contribution in [2.75, 3.05) is 14.2 Å². The van der Waals surface area contributed by atoms with Gasteiger partial charge in [0, 0.05) is 0 Å². The first-order valence-corrected chi connectivity index (χ1v) is 1.48. The van der Waals surface area contributed by atoms with Crippen LogP contribution in [0.15, 0.2) is 0 Å². The fourth-order valence-corrected chi connectivity index (χ4v) is 0.0669. The van der Waals surface area contributed by atoms with Crippen molar-refractivity contribution in [2.24, 2.45) is 0 Å². The Hall–Kier alpha value is -0.200. The van der Waals surface area contributed by atoms with Gasteiger partial charge in [-0.15, -0.1) is 0 Å². The van der Waals surface area contributed by atoms with E-state index in [-0.39, 0.29) is 0 Å². The van der Waals surface area contributed by atoms with Crippen LogP contribution in [-0.4, -0.2) is 14.2 Å². The predicted octanol–water partition coefficient (Wildman–Crippen LogP) is -0.0110. The van der Waals surface area contributed by atoms with E-state index >= 15 is 0 Å². The number of hydrogen-bond acceptors (Lipinski definition) is 5. The van der Waals surface area contributed by atoms with Crippen LogP contribution in [0, 0.1) is 0 Å². The lowest BCUT2D eigenvalue weighted by Crippen LogP contribution is -1.93. The maximum Gasteiger partial charge on any atom is 0.0745 e. The molecule has 0 radical (unpaired) electrons. The summed E-state index contributed by atoms with van der Waals surface area (Å²) < 4.78 is 0.